The Morgan fingerprint density at radius 3 is 2.74 bits per heavy atom. The van der Waals surface area contributed by atoms with E-state index in [2.05, 4.69) is 15.6 Å². The molecule has 0 fully saturated rings. The van der Waals surface area contributed by atoms with Crippen molar-refractivity contribution in [2.45, 2.75) is 13.5 Å². The minimum atomic E-state index is -0.0860. The van der Waals surface area contributed by atoms with E-state index in [-0.39, 0.29) is 6.03 Å². The molecule has 0 aliphatic heterocycles. The number of nitrogens with zero attached hydrogens (tertiary/aromatic N) is 2. The number of hydrogen-bond donors (Lipinski definition) is 2. The molecule has 106 valence electrons. The Labute approximate surface area is 114 Å². The fourth-order valence-corrected chi connectivity index (χ4v) is 1.54. The number of amides is 2. The number of aromatic nitrogens is 1. The molecule has 2 amide bonds. The molecule has 0 aliphatic carbocycles. The van der Waals surface area contributed by atoms with E-state index in [0.717, 1.165) is 17.1 Å². The van der Waals surface area contributed by atoms with E-state index in [0.29, 0.717) is 19.6 Å². The maximum atomic E-state index is 11.3. The van der Waals surface area contributed by atoms with Crippen LogP contribution >= 0.6 is 0 Å². The third-order valence-corrected chi connectivity index (χ3v) is 2.51. The van der Waals surface area contributed by atoms with E-state index in [1.807, 2.05) is 19.1 Å². The normalized spacial score (nSPS) is 10.1. The van der Waals surface area contributed by atoms with Crippen molar-refractivity contribution in [2.75, 3.05) is 34.3 Å². The molecule has 6 heteroatoms. The van der Waals surface area contributed by atoms with Crippen molar-refractivity contribution in [1.29, 1.82) is 0 Å². The molecule has 0 saturated heterocycles. The van der Waals surface area contributed by atoms with Crippen LogP contribution in [0.5, 0.6) is 5.75 Å². The van der Waals surface area contributed by atoms with Crippen LogP contribution in [0.1, 0.15) is 11.4 Å². The van der Waals surface area contributed by atoms with E-state index in [9.17, 15) is 4.79 Å². The third kappa shape index (κ3) is 5.56. The van der Waals surface area contributed by atoms with Crippen molar-refractivity contribution in [2.24, 2.45) is 0 Å². The minimum absolute atomic E-state index is 0.0860. The lowest BCUT2D eigenvalue weighted by molar-refractivity contribution is 0.217. The summed E-state index contributed by atoms with van der Waals surface area (Å²) in [5.41, 5.74) is 1.85. The lowest BCUT2D eigenvalue weighted by Crippen LogP contribution is -2.38. The second-order valence-electron chi connectivity index (χ2n) is 4.44. The van der Waals surface area contributed by atoms with Crippen molar-refractivity contribution in [3.8, 4) is 5.75 Å². The van der Waals surface area contributed by atoms with Crippen LogP contribution in [0.15, 0.2) is 12.1 Å². The average Bonchev–Trinajstić information content (AvgIpc) is 2.37. The van der Waals surface area contributed by atoms with Crippen LogP contribution in [0.4, 0.5) is 4.79 Å². The van der Waals surface area contributed by atoms with Gasteiger partial charge in [0.15, 0.2) is 0 Å². The van der Waals surface area contributed by atoms with Gasteiger partial charge in [-0.15, -0.1) is 0 Å². The lowest BCUT2D eigenvalue weighted by atomic mass is 10.3. The fraction of sp³-hybridized carbons (Fsp3) is 0.538. The van der Waals surface area contributed by atoms with Gasteiger partial charge in [-0.05, 0) is 6.92 Å². The van der Waals surface area contributed by atoms with Gasteiger partial charge in [0.1, 0.15) is 5.75 Å². The summed E-state index contributed by atoms with van der Waals surface area (Å²) >= 11 is 0. The minimum Gasteiger partial charge on any atom is -0.497 e. The summed E-state index contributed by atoms with van der Waals surface area (Å²) < 4.78 is 5.19. The van der Waals surface area contributed by atoms with Crippen LogP contribution in [-0.4, -0.2) is 50.2 Å². The standard InChI is InChI=1S/C13H22N4O2/c1-10-7-12(19-4)8-11(16-10)9-14-5-6-15-13(18)17(2)3/h7-8,14H,5-6,9H2,1-4H3,(H,15,18). The summed E-state index contributed by atoms with van der Waals surface area (Å²) in [5.74, 6) is 0.810. The topological polar surface area (TPSA) is 66.5 Å². The first-order valence-corrected chi connectivity index (χ1v) is 6.20. The van der Waals surface area contributed by atoms with Crippen LogP contribution in [0.25, 0.3) is 0 Å². The molecule has 0 aliphatic rings. The highest BCUT2D eigenvalue weighted by Crippen LogP contribution is 2.12. The molecule has 0 aromatic carbocycles. The number of aryl methyl sites for hydroxylation is 1. The van der Waals surface area contributed by atoms with Gasteiger partial charge in [0.25, 0.3) is 0 Å². The molecule has 6 nitrogen and oxygen atoms in total. The Morgan fingerprint density at radius 1 is 1.37 bits per heavy atom. The highest BCUT2D eigenvalue weighted by Gasteiger charge is 2.02. The number of nitrogens with one attached hydrogen (secondary N) is 2. The first-order chi connectivity index (χ1) is 9.02. The van der Waals surface area contributed by atoms with Gasteiger partial charge in [-0.3, -0.25) is 4.98 Å². The van der Waals surface area contributed by atoms with Gasteiger partial charge in [-0.25, -0.2) is 4.79 Å². The predicted molar refractivity (Wildman–Crippen MR) is 74.3 cm³/mol. The van der Waals surface area contributed by atoms with Crippen molar-refractivity contribution in [1.82, 2.24) is 20.5 Å². The summed E-state index contributed by atoms with van der Waals surface area (Å²) in [6.07, 6.45) is 0. The molecule has 1 heterocycles. The van der Waals surface area contributed by atoms with E-state index in [4.69, 9.17) is 4.74 Å². The summed E-state index contributed by atoms with van der Waals surface area (Å²) in [6, 6.07) is 3.70. The Bertz CT molecular complexity index is 421. The van der Waals surface area contributed by atoms with Crippen LogP contribution in [0.2, 0.25) is 0 Å². The second-order valence-corrected chi connectivity index (χ2v) is 4.44. The molecule has 0 atom stereocenters. The van der Waals surface area contributed by atoms with Crippen LogP contribution in [-0.2, 0) is 6.54 Å². The molecule has 1 aromatic heterocycles. The number of carbonyl (C=O) groups is 1. The first-order valence-electron chi connectivity index (χ1n) is 6.20. The summed E-state index contributed by atoms with van der Waals surface area (Å²) in [5, 5.41) is 6.00. The van der Waals surface area contributed by atoms with Crippen LogP contribution < -0.4 is 15.4 Å². The number of methoxy groups -OCH3 is 1. The highest BCUT2D eigenvalue weighted by molar-refractivity contribution is 5.73. The third-order valence-electron chi connectivity index (χ3n) is 2.51. The van der Waals surface area contributed by atoms with Gasteiger partial charge in [-0.1, -0.05) is 0 Å². The molecule has 0 saturated carbocycles. The molecule has 0 radical (unpaired) electrons. The molecule has 1 aromatic rings. The van der Waals surface area contributed by atoms with E-state index in [1.165, 1.54) is 4.90 Å². The number of rotatable bonds is 6. The van der Waals surface area contributed by atoms with Gasteiger partial charge in [-0.2, -0.15) is 0 Å². The molecular weight excluding hydrogens is 244 g/mol. The van der Waals surface area contributed by atoms with Gasteiger partial charge >= 0.3 is 6.03 Å². The molecule has 19 heavy (non-hydrogen) atoms. The lowest BCUT2D eigenvalue weighted by Gasteiger charge is -2.12. The maximum absolute atomic E-state index is 11.3. The zero-order chi connectivity index (χ0) is 14.3. The molecular formula is C13H22N4O2. The summed E-state index contributed by atoms with van der Waals surface area (Å²) in [4.78, 5) is 17.2. The van der Waals surface area contributed by atoms with Crippen molar-refractivity contribution in [3.05, 3.63) is 23.5 Å². The van der Waals surface area contributed by atoms with Gasteiger partial charge in [0.05, 0.1) is 12.8 Å². The van der Waals surface area contributed by atoms with Crippen LogP contribution in [0, 0.1) is 6.92 Å². The van der Waals surface area contributed by atoms with E-state index < -0.39 is 0 Å². The second kappa shape index (κ2) is 7.58. The molecule has 2 N–H and O–H groups in total. The molecule has 0 unspecified atom stereocenters. The van der Waals surface area contributed by atoms with Crippen molar-refractivity contribution >= 4 is 6.03 Å². The number of carbonyl (C=O) groups excluding carboxylic acids is 1. The van der Waals surface area contributed by atoms with Crippen LogP contribution in [0.3, 0.4) is 0 Å². The molecule has 0 spiro atoms. The quantitative estimate of drug-likeness (QED) is 0.746. The van der Waals surface area contributed by atoms with Gasteiger partial charge in [0.2, 0.25) is 0 Å². The Morgan fingerprint density at radius 2 is 2.11 bits per heavy atom. The number of urea groups is 1. The molecule has 0 bridgehead atoms. The average molecular weight is 266 g/mol. The zero-order valence-corrected chi connectivity index (χ0v) is 12.0. The SMILES string of the molecule is COc1cc(C)nc(CNCCNC(=O)N(C)C)c1. The highest BCUT2D eigenvalue weighted by atomic mass is 16.5. The Balaban J connectivity index is 2.29. The zero-order valence-electron chi connectivity index (χ0n) is 12.0. The first kappa shape index (κ1) is 15.2. The van der Waals surface area contributed by atoms with Crippen molar-refractivity contribution in [3.63, 3.8) is 0 Å². The van der Waals surface area contributed by atoms with Gasteiger partial charge < -0.3 is 20.3 Å². The largest absolute Gasteiger partial charge is 0.497 e. The van der Waals surface area contributed by atoms with Crippen molar-refractivity contribution < 1.29 is 9.53 Å². The maximum Gasteiger partial charge on any atom is 0.316 e. The number of hydrogen-bond acceptors (Lipinski definition) is 4. The Hall–Kier alpha value is -1.82. The number of ether oxygens (including phenoxy) is 1. The smallest absolute Gasteiger partial charge is 0.316 e. The summed E-state index contributed by atoms with van der Waals surface area (Å²) in [6.45, 7) is 3.86. The fourth-order valence-electron chi connectivity index (χ4n) is 1.54. The molecule has 1 rings (SSSR count). The van der Waals surface area contributed by atoms with E-state index >= 15 is 0 Å². The number of pyridine rings is 1. The van der Waals surface area contributed by atoms with Gasteiger partial charge in [0, 0.05) is 51.6 Å². The van der Waals surface area contributed by atoms with E-state index in [1.54, 1.807) is 21.2 Å². The predicted octanol–water partition coefficient (Wildman–Crippen LogP) is 0.759. The monoisotopic (exact) mass is 266 g/mol. The Kier molecular flexibility index (Phi) is 6.08. The summed E-state index contributed by atoms with van der Waals surface area (Å²) in [7, 11) is 5.07.